The van der Waals surface area contributed by atoms with Crippen molar-refractivity contribution in [3.63, 3.8) is 0 Å². The highest BCUT2D eigenvalue weighted by atomic mass is 16.2. The molecule has 0 unspecified atom stereocenters. The quantitative estimate of drug-likeness (QED) is 0.820. The highest BCUT2D eigenvalue weighted by Gasteiger charge is 2.17. The smallest absolute Gasteiger partial charge is 0.272 e. The molecule has 5 nitrogen and oxygen atoms in total. The summed E-state index contributed by atoms with van der Waals surface area (Å²) >= 11 is 0. The summed E-state index contributed by atoms with van der Waals surface area (Å²) in [4.78, 5) is 20.9. The van der Waals surface area contributed by atoms with Crippen molar-refractivity contribution < 1.29 is 4.79 Å². The zero-order valence-electron chi connectivity index (χ0n) is 14.4. The van der Waals surface area contributed by atoms with Gasteiger partial charge in [-0.15, -0.1) is 0 Å². The van der Waals surface area contributed by atoms with Gasteiger partial charge in [0.1, 0.15) is 5.69 Å². The summed E-state index contributed by atoms with van der Waals surface area (Å²) in [5.41, 5.74) is 3.00. The van der Waals surface area contributed by atoms with Crippen LogP contribution in [0.15, 0.2) is 42.6 Å². The first-order valence-corrected chi connectivity index (χ1v) is 7.85. The summed E-state index contributed by atoms with van der Waals surface area (Å²) in [6.45, 7) is 3.75. The summed E-state index contributed by atoms with van der Waals surface area (Å²) in [6.07, 6.45) is 1.70. The molecule has 0 saturated heterocycles. The molecule has 2 aromatic rings. The molecule has 0 N–H and O–H groups in total. The monoisotopic (exact) mass is 322 g/mol. The van der Waals surface area contributed by atoms with Gasteiger partial charge in [-0.1, -0.05) is 18.2 Å². The molecule has 1 aromatic carbocycles. The van der Waals surface area contributed by atoms with E-state index in [1.807, 2.05) is 50.2 Å². The van der Waals surface area contributed by atoms with Gasteiger partial charge in [0.25, 0.3) is 5.91 Å². The maximum absolute atomic E-state index is 12.8. The van der Waals surface area contributed by atoms with E-state index in [2.05, 4.69) is 11.1 Å². The average molecular weight is 322 g/mol. The number of benzene rings is 1. The van der Waals surface area contributed by atoms with Gasteiger partial charge >= 0.3 is 0 Å². The van der Waals surface area contributed by atoms with Crippen molar-refractivity contribution >= 4 is 5.91 Å². The molecule has 0 fully saturated rings. The molecule has 0 radical (unpaired) electrons. The Hall–Kier alpha value is -2.71. The number of nitriles is 1. The third-order valence-electron chi connectivity index (χ3n) is 3.66. The van der Waals surface area contributed by atoms with Crippen molar-refractivity contribution in [3.05, 3.63) is 65.0 Å². The Morgan fingerprint density at radius 1 is 1.21 bits per heavy atom. The first kappa shape index (κ1) is 17.6. The van der Waals surface area contributed by atoms with Crippen LogP contribution in [0.3, 0.4) is 0 Å². The minimum absolute atomic E-state index is 0.0980. The number of hydrogen-bond donors (Lipinski definition) is 0. The number of rotatable bonds is 6. The number of amides is 1. The molecule has 0 spiro atoms. The van der Waals surface area contributed by atoms with Crippen molar-refractivity contribution in [3.8, 4) is 6.07 Å². The average Bonchev–Trinajstić information content (AvgIpc) is 2.58. The number of carbonyl (C=O) groups is 1. The van der Waals surface area contributed by atoms with Gasteiger partial charge in [0.15, 0.2) is 0 Å². The molecule has 0 aliphatic heterocycles. The van der Waals surface area contributed by atoms with E-state index in [1.54, 1.807) is 23.2 Å². The SMILES string of the molecule is Cc1ccc(C(=O)N(CCN(C)C)Cc2cccc(C#N)c2)nc1. The van der Waals surface area contributed by atoms with E-state index in [0.29, 0.717) is 24.3 Å². The lowest BCUT2D eigenvalue weighted by molar-refractivity contribution is 0.0726. The summed E-state index contributed by atoms with van der Waals surface area (Å²) in [7, 11) is 3.95. The fourth-order valence-corrected chi connectivity index (χ4v) is 2.29. The second-order valence-corrected chi connectivity index (χ2v) is 6.06. The third-order valence-corrected chi connectivity index (χ3v) is 3.66. The highest BCUT2D eigenvalue weighted by molar-refractivity contribution is 5.92. The standard InChI is InChI=1S/C19H22N4O/c1-15-7-8-18(21-13-15)19(24)23(10-9-22(2)3)14-17-6-4-5-16(11-17)12-20/h4-8,11,13H,9-10,14H2,1-3H3. The van der Waals surface area contributed by atoms with Crippen molar-refractivity contribution in [2.24, 2.45) is 0 Å². The Bertz CT molecular complexity index is 732. The number of carbonyl (C=O) groups excluding carboxylic acids is 1. The van der Waals surface area contributed by atoms with Gasteiger partial charge in [0.05, 0.1) is 11.6 Å². The Morgan fingerprint density at radius 3 is 2.62 bits per heavy atom. The Kier molecular flexibility index (Phi) is 6.05. The molecule has 5 heteroatoms. The Balaban J connectivity index is 2.21. The second kappa shape index (κ2) is 8.23. The molecule has 24 heavy (non-hydrogen) atoms. The lowest BCUT2D eigenvalue weighted by Crippen LogP contribution is -2.36. The van der Waals surface area contributed by atoms with E-state index in [-0.39, 0.29) is 5.91 Å². The van der Waals surface area contributed by atoms with Gasteiger partial charge in [-0.2, -0.15) is 5.26 Å². The van der Waals surface area contributed by atoms with Crippen LogP contribution in [-0.2, 0) is 6.54 Å². The fourth-order valence-electron chi connectivity index (χ4n) is 2.29. The summed E-state index contributed by atoms with van der Waals surface area (Å²) in [6, 6.07) is 13.1. The molecule has 0 aliphatic rings. The minimum Gasteiger partial charge on any atom is -0.332 e. The number of likely N-dealkylation sites (N-methyl/N-ethyl adjacent to an activating group) is 1. The highest BCUT2D eigenvalue weighted by Crippen LogP contribution is 2.11. The number of aryl methyl sites for hydroxylation is 1. The fraction of sp³-hybridized carbons (Fsp3) is 0.316. The zero-order chi connectivity index (χ0) is 17.5. The van der Waals surface area contributed by atoms with Crippen LogP contribution in [-0.4, -0.2) is 47.9 Å². The lowest BCUT2D eigenvalue weighted by Gasteiger charge is -2.24. The Morgan fingerprint density at radius 2 is 2.00 bits per heavy atom. The molecule has 0 aliphatic carbocycles. The molecule has 0 bridgehead atoms. The van der Waals surface area contributed by atoms with E-state index in [0.717, 1.165) is 17.7 Å². The zero-order valence-corrected chi connectivity index (χ0v) is 14.4. The second-order valence-electron chi connectivity index (χ2n) is 6.06. The van der Waals surface area contributed by atoms with Gasteiger partial charge in [-0.25, -0.2) is 0 Å². The van der Waals surface area contributed by atoms with Crippen LogP contribution < -0.4 is 0 Å². The van der Waals surface area contributed by atoms with Crippen molar-refractivity contribution in [1.82, 2.24) is 14.8 Å². The van der Waals surface area contributed by atoms with Crippen molar-refractivity contribution in [2.75, 3.05) is 27.2 Å². The van der Waals surface area contributed by atoms with Crippen LogP contribution in [0.5, 0.6) is 0 Å². The predicted molar refractivity (Wildman–Crippen MR) is 93.4 cm³/mol. The number of pyridine rings is 1. The molecule has 1 amide bonds. The Labute approximate surface area is 143 Å². The molecular weight excluding hydrogens is 300 g/mol. The van der Waals surface area contributed by atoms with E-state index in [9.17, 15) is 4.79 Å². The van der Waals surface area contributed by atoms with E-state index in [4.69, 9.17) is 5.26 Å². The van der Waals surface area contributed by atoms with Crippen LogP contribution in [0.2, 0.25) is 0 Å². The molecule has 0 saturated carbocycles. The van der Waals surface area contributed by atoms with Crippen LogP contribution in [0.1, 0.15) is 27.2 Å². The van der Waals surface area contributed by atoms with Gasteiger partial charge in [0.2, 0.25) is 0 Å². The maximum Gasteiger partial charge on any atom is 0.272 e. The van der Waals surface area contributed by atoms with Gasteiger partial charge in [0, 0.05) is 25.8 Å². The summed E-state index contributed by atoms with van der Waals surface area (Å²) in [5, 5.41) is 9.04. The first-order chi connectivity index (χ1) is 11.5. The van der Waals surface area contributed by atoms with E-state index >= 15 is 0 Å². The van der Waals surface area contributed by atoms with E-state index < -0.39 is 0 Å². The lowest BCUT2D eigenvalue weighted by atomic mass is 10.1. The molecule has 124 valence electrons. The summed E-state index contributed by atoms with van der Waals surface area (Å²) < 4.78 is 0. The van der Waals surface area contributed by atoms with Crippen LogP contribution >= 0.6 is 0 Å². The van der Waals surface area contributed by atoms with Crippen molar-refractivity contribution in [1.29, 1.82) is 5.26 Å². The number of hydrogen-bond acceptors (Lipinski definition) is 4. The molecular formula is C19H22N4O. The minimum atomic E-state index is -0.0980. The van der Waals surface area contributed by atoms with Gasteiger partial charge < -0.3 is 9.80 Å². The topological polar surface area (TPSA) is 60.2 Å². The summed E-state index contributed by atoms with van der Waals surface area (Å²) in [5.74, 6) is -0.0980. The maximum atomic E-state index is 12.8. The molecule has 1 aromatic heterocycles. The first-order valence-electron chi connectivity index (χ1n) is 7.85. The van der Waals surface area contributed by atoms with Crippen LogP contribution in [0.25, 0.3) is 0 Å². The van der Waals surface area contributed by atoms with Crippen molar-refractivity contribution in [2.45, 2.75) is 13.5 Å². The third kappa shape index (κ3) is 4.90. The number of aromatic nitrogens is 1. The predicted octanol–water partition coefficient (Wildman–Crippen LogP) is 2.47. The van der Waals surface area contributed by atoms with E-state index in [1.165, 1.54) is 0 Å². The number of nitrogens with zero attached hydrogens (tertiary/aromatic N) is 4. The van der Waals surface area contributed by atoms with Gasteiger partial charge in [-0.3, -0.25) is 9.78 Å². The van der Waals surface area contributed by atoms with Crippen LogP contribution in [0.4, 0.5) is 0 Å². The van der Waals surface area contributed by atoms with Crippen LogP contribution in [0, 0.1) is 18.3 Å². The van der Waals surface area contributed by atoms with Gasteiger partial charge in [-0.05, 0) is 50.3 Å². The molecule has 1 heterocycles. The molecule has 0 atom stereocenters. The molecule has 2 rings (SSSR count). The largest absolute Gasteiger partial charge is 0.332 e. The normalized spacial score (nSPS) is 10.5.